The van der Waals surface area contributed by atoms with Crippen LogP contribution in [0.4, 0.5) is 11.5 Å². The molecule has 6 heteroatoms. The highest BCUT2D eigenvalue weighted by Crippen LogP contribution is 2.23. The van der Waals surface area contributed by atoms with Gasteiger partial charge in [-0.2, -0.15) is 4.98 Å². The Morgan fingerprint density at radius 2 is 1.92 bits per heavy atom. The number of nitrogen functional groups attached to an aromatic ring is 1. The summed E-state index contributed by atoms with van der Waals surface area (Å²) in [7, 11) is 1.58. The molecule has 0 bridgehead atoms. The van der Waals surface area contributed by atoms with E-state index in [4.69, 9.17) is 15.3 Å². The van der Waals surface area contributed by atoms with E-state index in [1.54, 1.807) is 13.3 Å². The number of hydrogen-bond acceptors (Lipinski definition) is 6. The van der Waals surface area contributed by atoms with Crippen molar-refractivity contribution in [1.82, 2.24) is 10.5 Å². The number of anilines is 2. The van der Waals surface area contributed by atoms with E-state index in [0.717, 1.165) is 50.9 Å². The number of hydroxylamine groups is 1. The zero-order valence-electron chi connectivity index (χ0n) is 16.4. The minimum absolute atomic E-state index is 0.508. The number of rotatable bonds is 14. The monoisotopic (exact) mass is 362 g/mol. The molecular weight excluding hydrogens is 328 g/mol. The fourth-order valence-corrected chi connectivity index (χ4v) is 2.56. The molecule has 1 heterocycles. The molecule has 6 nitrogen and oxygen atoms in total. The molecule has 0 unspecified atom stereocenters. The number of pyridine rings is 1. The molecule has 3 N–H and O–H groups in total. The lowest BCUT2D eigenvalue weighted by molar-refractivity contribution is 0.128. The Hall–Kier alpha value is -2.21. The van der Waals surface area contributed by atoms with Crippen LogP contribution in [0.1, 0.15) is 46.0 Å². The number of nitrogens with zero attached hydrogens (tertiary/aromatic N) is 2. The van der Waals surface area contributed by atoms with E-state index in [1.165, 1.54) is 0 Å². The second-order valence-electron chi connectivity index (χ2n) is 6.03. The van der Waals surface area contributed by atoms with Gasteiger partial charge >= 0.3 is 0 Å². The van der Waals surface area contributed by atoms with Gasteiger partial charge in [0.2, 0.25) is 5.88 Å². The van der Waals surface area contributed by atoms with E-state index >= 15 is 0 Å². The molecule has 0 aliphatic carbocycles. The smallest absolute Gasteiger partial charge is 0.217 e. The highest BCUT2D eigenvalue weighted by Gasteiger charge is 2.08. The summed E-state index contributed by atoms with van der Waals surface area (Å²) in [4.78, 5) is 11.3. The first-order valence-electron chi connectivity index (χ1n) is 9.46. The van der Waals surface area contributed by atoms with Gasteiger partial charge in [-0.3, -0.25) is 10.3 Å². The van der Waals surface area contributed by atoms with Crippen LogP contribution in [0.5, 0.6) is 5.88 Å². The summed E-state index contributed by atoms with van der Waals surface area (Å²) in [5.41, 5.74) is 9.69. The minimum atomic E-state index is 0.508. The number of nitrogens with one attached hydrogen (secondary N) is 1. The quantitative estimate of drug-likeness (QED) is 0.295. The topological polar surface area (TPSA) is 72.6 Å². The van der Waals surface area contributed by atoms with Crippen molar-refractivity contribution in [1.29, 1.82) is 0 Å². The van der Waals surface area contributed by atoms with Crippen molar-refractivity contribution in [3.05, 3.63) is 36.6 Å². The molecule has 0 aliphatic rings. The van der Waals surface area contributed by atoms with Crippen LogP contribution >= 0.6 is 0 Å². The Bertz CT molecular complexity index is 541. The van der Waals surface area contributed by atoms with Crippen LogP contribution < -0.4 is 20.9 Å². The van der Waals surface area contributed by atoms with Crippen molar-refractivity contribution in [3.8, 4) is 5.88 Å². The van der Waals surface area contributed by atoms with E-state index < -0.39 is 0 Å². The first-order valence-corrected chi connectivity index (χ1v) is 9.46. The fourth-order valence-electron chi connectivity index (χ4n) is 2.56. The van der Waals surface area contributed by atoms with Crippen molar-refractivity contribution < 1.29 is 9.57 Å². The van der Waals surface area contributed by atoms with Crippen LogP contribution in [0.25, 0.3) is 0 Å². The third-order valence-electron chi connectivity index (χ3n) is 3.70. The molecule has 0 saturated heterocycles. The van der Waals surface area contributed by atoms with E-state index in [-0.39, 0.29) is 0 Å². The van der Waals surface area contributed by atoms with Crippen LogP contribution in [-0.4, -0.2) is 31.8 Å². The van der Waals surface area contributed by atoms with Crippen molar-refractivity contribution in [2.75, 3.05) is 37.4 Å². The van der Waals surface area contributed by atoms with Gasteiger partial charge in [0.15, 0.2) is 0 Å². The average molecular weight is 363 g/mol. The highest BCUT2D eigenvalue weighted by atomic mass is 16.6. The zero-order chi connectivity index (χ0) is 19.0. The predicted molar refractivity (Wildman–Crippen MR) is 109 cm³/mol. The largest absolute Gasteiger partial charge is 0.478 e. The summed E-state index contributed by atoms with van der Waals surface area (Å²) < 4.78 is 5.81. The molecule has 1 rings (SSSR count). The van der Waals surface area contributed by atoms with Gasteiger partial charge in [0, 0.05) is 37.1 Å². The van der Waals surface area contributed by atoms with Crippen molar-refractivity contribution in [3.63, 3.8) is 0 Å². The van der Waals surface area contributed by atoms with Crippen LogP contribution in [0.2, 0.25) is 0 Å². The van der Waals surface area contributed by atoms with Crippen molar-refractivity contribution >= 4 is 11.5 Å². The van der Waals surface area contributed by atoms with Gasteiger partial charge in [-0.25, -0.2) is 0 Å². The molecule has 26 heavy (non-hydrogen) atoms. The standard InChI is InChI=1S/C20H34N4O2/c1-4-13-24(14-5-2)18-16-19(21)23-20(17-18)26-15-11-9-7-6-8-10-12-22-25-3/h6,8,10,12,16-17,22H,4-5,7,9,11,13-15H2,1-3H3,(H2,21,23)/b8-6-,12-10-. The van der Waals surface area contributed by atoms with Gasteiger partial charge in [-0.1, -0.05) is 26.0 Å². The summed E-state index contributed by atoms with van der Waals surface area (Å²) in [6.07, 6.45) is 13.0. The van der Waals surface area contributed by atoms with Gasteiger partial charge < -0.3 is 15.4 Å². The van der Waals surface area contributed by atoms with E-state index in [2.05, 4.69) is 35.3 Å². The Morgan fingerprint density at radius 3 is 2.62 bits per heavy atom. The molecule has 0 radical (unpaired) electrons. The van der Waals surface area contributed by atoms with E-state index in [9.17, 15) is 0 Å². The first-order chi connectivity index (χ1) is 12.7. The number of aromatic nitrogens is 1. The predicted octanol–water partition coefficient (Wildman–Crippen LogP) is 4.06. The number of unbranched alkanes of at least 4 members (excludes halogenated alkanes) is 2. The summed E-state index contributed by atoms with van der Waals surface area (Å²) in [5, 5.41) is 0. The number of allylic oxidation sites excluding steroid dienone is 3. The molecule has 0 fully saturated rings. The lowest BCUT2D eigenvalue weighted by Crippen LogP contribution is -2.25. The summed E-state index contributed by atoms with van der Waals surface area (Å²) in [5.74, 6) is 1.12. The maximum absolute atomic E-state index is 5.96. The Balaban J connectivity index is 2.40. The van der Waals surface area contributed by atoms with Gasteiger partial charge in [-0.05, 0) is 38.2 Å². The Morgan fingerprint density at radius 1 is 1.15 bits per heavy atom. The van der Waals surface area contributed by atoms with Crippen LogP contribution in [0, 0.1) is 0 Å². The second kappa shape index (κ2) is 14.0. The van der Waals surface area contributed by atoms with Crippen LogP contribution in [-0.2, 0) is 4.84 Å². The lowest BCUT2D eigenvalue weighted by atomic mass is 10.2. The Kier molecular flexibility index (Phi) is 11.8. The van der Waals surface area contributed by atoms with E-state index in [1.807, 2.05) is 24.3 Å². The Labute approximate surface area is 158 Å². The van der Waals surface area contributed by atoms with Crippen molar-refractivity contribution in [2.24, 2.45) is 0 Å². The van der Waals surface area contributed by atoms with Crippen LogP contribution in [0.3, 0.4) is 0 Å². The van der Waals surface area contributed by atoms with Gasteiger partial charge in [0.1, 0.15) is 5.82 Å². The molecule has 1 aromatic heterocycles. The SMILES string of the molecule is CCCN(CCC)c1cc(N)nc(OCCCC/C=C\C=C/NOC)c1. The van der Waals surface area contributed by atoms with Gasteiger partial charge in [-0.15, -0.1) is 0 Å². The number of ether oxygens (including phenoxy) is 1. The van der Waals surface area contributed by atoms with Crippen molar-refractivity contribution in [2.45, 2.75) is 46.0 Å². The third kappa shape index (κ3) is 9.32. The first kappa shape index (κ1) is 21.8. The molecular formula is C20H34N4O2. The molecule has 0 aliphatic heterocycles. The molecule has 0 amide bonds. The third-order valence-corrected chi connectivity index (χ3v) is 3.70. The normalized spacial score (nSPS) is 11.3. The summed E-state index contributed by atoms with van der Waals surface area (Å²) in [6.45, 7) is 7.03. The fraction of sp³-hybridized carbons (Fsp3) is 0.550. The van der Waals surface area contributed by atoms with Gasteiger partial charge in [0.05, 0.1) is 13.7 Å². The van der Waals surface area contributed by atoms with Crippen LogP contribution in [0.15, 0.2) is 36.6 Å². The number of nitrogens with two attached hydrogens (primary N) is 1. The second-order valence-corrected chi connectivity index (χ2v) is 6.03. The summed E-state index contributed by atoms with van der Waals surface area (Å²) in [6, 6.07) is 3.92. The maximum Gasteiger partial charge on any atom is 0.217 e. The highest BCUT2D eigenvalue weighted by molar-refractivity contribution is 5.55. The molecule has 0 atom stereocenters. The van der Waals surface area contributed by atoms with Gasteiger partial charge in [0.25, 0.3) is 0 Å². The molecule has 0 aromatic carbocycles. The maximum atomic E-state index is 5.96. The minimum Gasteiger partial charge on any atom is -0.478 e. The molecule has 0 spiro atoms. The number of hydrogen-bond donors (Lipinski definition) is 2. The molecule has 0 saturated carbocycles. The molecule has 1 aromatic rings. The van der Waals surface area contributed by atoms with E-state index in [0.29, 0.717) is 18.3 Å². The summed E-state index contributed by atoms with van der Waals surface area (Å²) >= 11 is 0. The molecule has 146 valence electrons. The average Bonchev–Trinajstić information content (AvgIpc) is 2.62. The lowest BCUT2D eigenvalue weighted by Gasteiger charge is -2.24. The zero-order valence-corrected chi connectivity index (χ0v) is 16.4.